The fraction of sp³-hybridized carbons (Fsp3) is 0.571. The highest BCUT2D eigenvalue weighted by Crippen LogP contribution is 2.24. The Morgan fingerprint density at radius 2 is 2.06 bits per heavy atom. The molecule has 0 aliphatic heterocycles. The van der Waals surface area contributed by atoms with Gasteiger partial charge in [0.05, 0.1) is 7.11 Å². The SMILES string of the molecule is CCC(C)N(CC)Cc1cc(OC)ccc1Br. The molecule has 1 rings (SSSR count). The molecule has 0 fully saturated rings. The Morgan fingerprint density at radius 1 is 1.35 bits per heavy atom. The van der Waals surface area contributed by atoms with Crippen LogP contribution in [0, 0.1) is 0 Å². The molecule has 0 heterocycles. The molecule has 0 bridgehead atoms. The predicted molar refractivity (Wildman–Crippen MR) is 76.5 cm³/mol. The van der Waals surface area contributed by atoms with Gasteiger partial charge in [-0.2, -0.15) is 0 Å². The topological polar surface area (TPSA) is 12.5 Å². The molecule has 0 saturated carbocycles. The maximum absolute atomic E-state index is 5.27. The summed E-state index contributed by atoms with van der Waals surface area (Å²) in [6.07, 6.45) is 1.18. The quantitative estimate of drug-likeness (QED) is 0.785. The fourth-order valence-electron chi connectivity index (χ4n) is 1.86. The van der Waals surface area contributed by atoms with E-state index in [-0.39, 0.29) is 0 Å². The molecule has 1 aromatic carbocycles. The molecular weight excluding hydrogens is 278 g/mol. The largest absolute Gasteiger partial charge is 0.497 e. The van der Waals surface area contributed by atoms with Gasteiger partial charge in [-0.1, -0.05) is 29.8 Å². The van der Waals surface area contributed by atoms with E-state index in [9.17, 15) is 0 Å². The van der Waals surface area contributed by atoms with Crippen molar-refractivity contribution in [2.75, 3.05) is 13.7 Å². The first kappa shape index (κ1) is 14.5. The molecule has 0 saturated heterocycles. The number of halogens is 1. The molecule has 0 N–H and O–H groups in total. The van der Waals surface area contributed by atoms with Crippen molar-refractivity contribution in [1.29, 1.82) is 0 Å². The summed E-state index contributed by atoms with van der Waals surface area (Å²) >= 11 is 3.61. The summed E-state index contributed by atoms with van der Waals surface area (Å²) in [5, 5.41) is 0. The summed E-state index contributed by atoms with van der Waals surface area (Å²) in [4.78, 5) is 2.47. The molecule has 96 valence electrons. The van der Waals surface area contributed by atoms with Gasteiger partial charge in [0.25, 0.3) is 0 Å². The highest BCUT2D eigenvalue weighted by molar-refractivity contribution is 9.10. The van der Waals surface area contributed by atoms with Crippen LogP contribution in [0.15, 0.2) is 22.7 Å². The van der Waals surface area contributed by atoms with Crippen molar-refractivity contribution in [3.8, 4) is 5.75 Å². The minimum absolute atomic E-state index is 0.609. The van der Waals surface area contributed by atoms with Gasteiger partial charge in [-0.25, -0.2) is 0 Å². The van der Waals surface area contributed by atoms with Gasteiger partial charge >= 0.3 is 0 Å². The van der Waals surface area contributed by atoms with Gasteiger partial charge in [0.2, 0.25) is 0 Å². The fourth-order valence-corrected chi connectivity index (χ4v) is 2.23. The average molecular weight is 300 g/mol. The second-order valence-corrected chi connectivity index (χ2v) is 5.13. The Bertz CT molecular complexity index is 354. The van der Waals surface area contributed by atoms with Gasteiger partial charge in [-0.05, 0) is 43.7 Å². The van der Waals surface area contributed by atoms with E-state index in [1.807, 2.05) is 6.07 Å². The molecule has 0 aliphatic carbocycles. The second-order valence-electron chi connectivity index (χ2n) is 4.28. The van der Waals surface area contributed by atoms with Crippen LogP contribution in [-0.4, -0.2) is 24.6 Å². The Morgan fingerprint density at radius 3 is 2.59 bits per heavy atom. The normalized spacial score (nSPS) is 12.8. The molecule has 2 nitrogen and oxygen atoms in total. The van der Waals surface area contributed by atoms with Gasteiger partial charge in [-0.3, -0.25) is 4.90 Å². The molecule has 3 heteroatoms. The van der Waals surface area contributed by atoms with Gasteiger partial charge in [0, 0.05) is 17.1 Å². The zero-order valence-electron chi connectivity index (χ0n) is 11.2. The Balaban J connectivity index is 2.84. The monoisotopic (exact) mass is 299 g/mol. The van der Waals surface area contributed by atoms with Crippen LogP contribution in [0.2, 0.25) is 0 Å². The Kier molecular flexibility index (Phi) is 6.00. The minimum Gasteiger partial charge on any atom is -0.497 e. The lowest BCUT2D eigenvalue weighted by atomic mass is 10.1. The zero-order valence-corrected chi connectivity index (χ0v) is 12.8. The van der Waals surface area contributed by atoms with Crippen LogP contribution in [0.1, 0.15) is 32.8 Å². The van der Waals surface area contributed by atoms with Gasteiger partial charge in [0.15, 0.2) is 0 Å². The number of nitrogens with zero attached hydrogens (tertiary/aromatic N) is 1. The van der Waals surface area contributed by atoms with E-state index in [1.165, 1.54) is 12.0 Å². The van der Waals surface area contributed by atoms with E-state index >= 15 is 0 Å². The van der Waals surface area contributed by atoms with E-state index in [0.29, 0.717) is 6.04 Å². The van der Waals surface area contributed by atoms with Gasteiger partial charge < -0.3 is 4.74 Å². The van der Waals surface area contributed by atoms with Crippen molar-refractivity contribution in [2.24, 2.45) is 0 Å². The zero-order chi connectivity index (χ0) is 12.8. The van der Waals surface area contributed by atoms with Crippen molar-refractivity contribution in [3.63, 3.8) is 0 Å². The summed E-state index contributed by atoms with van der Waals surface area (Å²) in [6, 6.07) is 6.75. The summed E-state index contributed by atoms with van der Waals surface area (Å²) < 4.78 is 6.43. The van der Waals surface area contributed by atoms with E-state index < -0.39 is 0 Å². The van der Waals surface area contributed by atoms with E-state index in [4.69, 9.17) is 4.74 Å². The number of methoxy groups -OCH3 is 1. The molecule has 0 aliphatic rings. The smallest absolute Gasteiger partial charge is 0.119 e. The van der Waals surface area contributed by atoms with E-state index in [2.05, 4.69) is 53.7 Å². The summed E-state index contributed by atoms with van der Waals surface area (Å²) in [5.74, 6) is 0.920. The second kappa shape index (κ2) is 7.02. The average Bonchev–Trinajstić information content (AvgIpc) is 2.36. The van der Waals surface area contributed by atoms with Crippen LogP contribution in [0.5, 0.6) is 5.75 Å². The molecule has 0 aromatic heterocycles. The highest BCUT2D eigenvalue weighted by Gasteiger charge is 2.12. The molecule has 1 unspecified atom stereocenters. The molecule has 0 amide bonds. The third kappa shape index (κ3) is 4.00. The number of rotatable bonds is 6. The van der Waals surface area contributed by atoms with E-state index in [0.717, 1.165) is 23.3 Å². The van der Waals surface area contributed by atoms with Crippen LogP contribution in [0.25, 0.3) is 0 Å². The first-order valence-corrected chi connectivity index (χ1v) is 6.98. The molecule has 1 aromatic rings. The first-order chi connectivity index (χ1) is 8.12. The molecule has 1 atom stereocenters. The molecule has 17 heavy (non-hydrogen) atoms. The Hall–Kier alpha value is -0.540. The minimum atomic E-state index is 0.609. The van der Waals surface area contributed by atoms with E-state index in [1.54, 1.807) is 7.11 Å². The maximum atomic E-state index is 5.27. The highest BCUT2D eigenvalue weighted by atomic mass is 79.9. The lowest BCUT2D eigenvalue weighted by Crippen LogP contribution is -2.31. The first-order valence-electron chi connectivity index (χ1n) is 6.18. The number of hydrogen-bond acceptors (Lipinski definition) is 2. The lowest BCUT2D eigenvalue weighted by molar-refractivity contribution is 0.205. The van der Waals surface area contributed by atoms with Crippen molar-refractivity contribution < 1.29 is 4.74 Å². The lowest BCUT2D eigenvalue weighted by Gasteiger charge is -2.27. The number of hydrogen-bond donors (Lipinski definition) is 0. The maximum Gasteiger partial charge on any atom is 0.119 e. The van der Waals surface area contributed by atoms with Gasteiger partial charge in [0.1, 0.15) is 5.75 Å². The van der Waals surface area contributed by atoms with Crippen molar-refractivity contribution >= 4 is 15.9 Å². The standard InChI is InChI=1S/C14H22BrNO/c1-5-11(3)16(6-2)10-12-9-13(17-4)7-8-14(12)15/h7-9,11H,5-6,10H2,1-4H3. The third-order valence-electron chi connectivity index (χ3n) is 3.25. The number of ether oxygens (including phenoxy) is 1. The van der Waals surface area contributed by atoms with Crippen LogP contribution < -0.4 is 4.74 Å². The van der Waals surface area contributed by atoms with Crippen LogP contribution in [0.4, 0.5) is 0 Å². The van der Waals surface area contributed by atoms with Crippen LogP contribution >= 0.6 is 15.9 Å². The van der Waals surface area contributed by atoms with Crippen LogP contribution in [0.3, 0.4) is 0 Å². The molecular formula is C14H22BrNO. The predicted octanol–water partition coefficient (Wildman–Crippen LogP) is 4.08. The summed E-state index contributed by atoms with van der Waals surface area (Å²) in [6.45, 7) is 8.74. The van der Waals surface area contributed by atoms with Gasteiger partial charge in [-0.15, -0.1) is 0 Å². The number of benzene rings is 1. The summed E-state index contributed by atoms with van der Waals surface area (Å²) in [7, 11) is 1.71. The van der Waals surface area contributed by atoms with Crippen molar-refractivity contribution in [3.05, 3.63) is 28.2 Å². The molecule has 0 spiro atoms. The van der Waals surface area contributed by atoms with Crippen LogP contribution in [-0.2, 0) is 6.54 Å². The van der Waals surface area contributed by atoms with Crippen molar-refractivity contribution in [1.82, 2.24) is 4.90 Å². The summed E-state index contributed by atoms with van der Waals surface area (Å²) in [5.41, 5.74) is 1.28. The molecule has 0 radical (unpaired) electrons. The third-order valence-corrected chi connectivity index (χ3v) is 4.02. The Labute approximate surface area is 113 Å². The van der Waals surface area contributed by atoms with Crippen molar-refractivity contribution in [2.45, 2.75) is 39.8 Å².